The molecule has 0 saturated carbocycles. The number of likely N-dealkylation sites (tertiary alicyclic amines) is 1. The van der Waals surface area contributed by atoms with Crippen LogP contribution in [-0.2, 0) is 6.54 Å². The Morgan fingerprint density at radius 3 is 2.75 bits per heavy atom. The van der Waals surface area contributed by atoms with E-state index in [4.69, 9.17) is 0 Å². The monoisotopic (exact) mass is 238 g/mol. The van der Waals surface area contributed by atoms with E-state index in [1.54, 1.807) is 0 Å². The Hall–Kier alpha value is -0.380. The Labute approximate surface area is 103 Å². The molecule has 16 heavy (non-hydrogen) atoms. The fourth-order valence-electron chi connectivity index (χ4n) is 2.30. The summed E-state index contributed by atoms with van der Waals surface area (Å²) in [6, 6.07) is 5.11. The smallest absolute Gasteiger partial charge is 0.0300 e. The maximum atomic E-state index is 3.56. The van der Waals surface area contributed by atoms with Gasteiger partial charge in [-0.2, -0.15) is 0 Å². The number of hydrogen-bond donors (Lipinski definition) is 1. The Balaban J connectivity index is 1.67. The molecule has 3 heteroatoms. The molecule has 1 saturated heterocycles. The number of rotatable bonds is 5. The molecule has 0 radical (unpaired) electrons. The molecule has 0 spiro atoms. The van der Waals surface area contributed by atoms with Crippen LogP contribution in [0.2, 0.25) is 0 Å². The number of aryl methyl sites for hydroxylation is 1. The summed E-state index contributed by atoms with van der Waals surface area (Å²) < 4.78 is 0. The van der Waals surface area contributed by atoms with Crippen LogP contribution in [0, 0.1) is 6.92 Å². The summed E-state index contributed by atoms with van der Waals surface area (Å²) in [7, 11) is 0. The SMILES string of the molecule is Cc1ccc(CNCC(C)N2CCCC2)s1. The van der Waals surface area contributed by atoms with Crippen LogP contribution >= 0.6 is 11.3 Å². The van der Waals surface area contributed by atoms with Crippen molar-refractivity contribution < 1.29 is 0 Å². The van der Waals surface area contributed by atoms with Gasteiger partial charge in [-0.05, 0) is 51.9 Å². The molecular weight excluding hydrogens is 216 g/mol. The summed E-state index contributed by atoms with van der Waals surface area (Å²) >= 11 is 1.90. The summed E-state index contributed by atoms with van der Waals surface area (Å²) in [6.07, 6.45) is 2.77. The minimum Gasteiger partial charge on any atom is -0.310 e. The fourth-order valence-corrected chi connectivity index (χ4v) is 3.16. The summed E-state index contributed by atoms with van der Waals surface area (Å²) in [6.45, 7) is 9.22. The minimum absolute atomic E-state index is 0.684. The van der Waals surface area contributed by atoms with Crippen molar-refractivity contribution in [3.8, 4) is 0 Å². The van der Waals surface area contributed by atoms with Crippen molar-refractivity contribution in [2.45, 2.75) is 39.3 Å². The molecule has 1 unspecified atom stereocenters. The van der Waals surface area contributed by atoms with Crippen molar-refractivity contribution in [1.29, 1.82) is 0 Å². The van der Waals surface area contributed by atoms with E-state index in [0.29, 0.717) is 6.04 Å². The van der Waals surface area contributed by atoms with Gasteiger partial charge in [0.1, 0.15) is 0 Å². The maximum absolute atomic E-state index is 3.56. The van der Waals surface area contributed by atoms with Crippen molar-refractivity contribution in [3.63, 3.8) is 0 Å². The first-order chi connectivity index (χ1) is 7.75. The highest BCUT2D eigenvalue weighted by atomic mass is 32.1. The second-order valence-electron chi connectivity index (χ2n) is 4.74. The van der Waals surface area contributed by atoms with Gasteiger partial charge < -0.3 is 5.32 Å². The van der Waals surface area contributed by atoms with E-state index in [0.717, 1.165) is 13.1 Å². The van der Waals surface area contributed by atoms with Crippen LogP contribution < -0.4 is 5.32 Å². The molecule has 0 aliphatic carbocycles. The predicted molar refractivity (Wildman–Crippen MR) is 71.0 cm³/mol. The zero-order valence-corrected chi connectivity index (χ0v) is 11.1. The highest BCUT2D eigenvalue weighted by molar-refractivity contribution is 7.11. The summed E-state index contributed by atoms with van der Waals surface area (Å²) in [5, 5.41) is 3.56. The molecule has 1 atom stereocenters. The molecule has 2 rings (SSSR count). The largest absolute Gasteiger partial charge is 0.310 e. The van der Waals surface area contributed by atoms with E-state index in [1.807, 2.05) is 11.3 Å². The molecule has 1 aliphatic rings. The molecule has 2 nitrogen and oxygen atoms in total. The molecule has 0 amide bonds. The van der Waals surface area contributed by atoms with Gasteiger partial charge in [0.05, 0.1) is 0 Å². The van der Waals surface area contributed by atoms with Crippen LogP contribution in [0.15, 0.2) is 12.1 Å². The quantitative estimate of drug-likeness (QED) is 0.848. The summed E-state index contributed by atoms with van der Waals surface area (Å²) in [5.74, 6) is 0. The molecule has 2 heterocycles. The average molecular weight is 238 g/mol. The Morgan fingerprint density at radius 1 is 1.38 bits per heavy atom. The van der Waals surface area contributed by atoms with Crippen molar-refractivity contribution >= 4 is 11.3 Å². The lowest BCUT2D eigenvalue weighted by molar-refractivity contribution is 0.252. The third-order valence-corrected chi connectivity index (χ3v) is 4.30. The molecular formula is C13H22N2S. The molecule has 1 fully saturated rings. The van der Waals surface area contributed by atoms with E-state index in [2.05, 4.69) is 36.2 Å². The van der Waals surface area contributed by atoms with Crippen LogP contribution in [0.1, 0.15) is 29.5 Å². The van der Waals surface area contributed by atoms with E-state index < -0.39 is 0 Å². The first kappa shape index (κ1) is 12.1. The number of thiophene rings is 1. The van der Waals surface area contributed by atoms with Gasteiger partial charge in [-0.3, -0.25) is 4.90 Å². The van der Waals surface area contributed by atoms with E-state index in [1.165, 1.54) is 35.7 Å². The summed E-state index contributed by atoms with van der Waals surface area (Å²) in [5.41, 5.74) is 0. The van der Waals surface area contributed by atoms with Crippen molar-refractivity contribution in [1.82, 2.24) is 10.2 Å². The molecule has 0 bridgehead atoms. The van der Waals surface area contributed by atoms with E-state index >= 15 is 0 Å². The number of nitrogens with zero attached hydrogens (tertiary/aromatic N) is 1. The van der Waals surface area contributed by atoms with Crippen LogP contribution in [0.25, 0.3) is 0 Å². The van der Waals surface area contributed by atoms with Crippen LogP contribution in [0.3, 0.4) is 0 Å². The lowest BCUT2D eigenvalue weighted by atomic mass is 10.3. The van der Waals surface area contributed by atoms with Gasteiger partial charge in [0.2, 0.25) is 0 Å². The van der Waals surface area contributed by atoms with E-state index in [-0.39, 0.29) is 0 Å². The maximum Gasteiger partial charge on any atom is 0.0300 e. The van der Waals surface area contributed by atoms with Gasteiger partial charge in [0.25, 0.3) is 0 Å². The summed E-state index contributed by atoms with van der Waals surface area (Å²) in [4.78, 5) is 5.45. The average Bonchev–Trinajstić information content (AvgIpc) is 2.89. The predicted octanol–water partition coefficient (Wildman–Crippen LogP) is 2.63. The number of hydrogen-bond acceptors (Lipinski definition) is 3. The normalized spacial score (nSPS) is 19.1. The van der Waals surface area contributed by atoms with Gasteiger partial charge in [0, 0.05) is 28.9 Å². The van der Waals surface area contributed by atoms with Crippen molar-refractivity contribution in [3.05, 3.63) is 21.9 Å². The fraction of sp³-hybridized carbons (Fsp3) is 0.692. The van der Waals surface area contributed by atoms with Gasteiger partial charge in [-0.25, -0.2) is 0 Å². The standard InChI is InChI=1S/C13H22N2S/c1-11(15-7-3-4-8-15)9-14-10-13-6-5-12(2)16-13/h5-6,11,14H,3-4,7-10H2,1-2H3. The Bertz CT molecular complexity index is 315. The first-order valence-corrected chi connectivity index (χ1v) is 7.07. The van der Waals surface area contributed by atoms with Gasteiger partial charge in [-0.1, -0.05) is 0 Å². The first-order valence-electron chi connectivity index (χ1n) is 6.26. The molecule has 1 aliphatic heterocycles. The Morgan fingerprint density at radius 2 is 2.12 bits per heavy atom. The van der Waals surface area contributed by atoms with Crippen LogP contribution in [-0.4, -0.2) is 30.6 Å². The minimum atomic E-state index is 0.684. The van der Waals surface area contributed by atoms with Gasteiger partial charge in [-0.15, -0.1) is 11.3 Å². The molecule has 1 N–H and O–H groups in total. The lowest BCUT2D eigenvalue weighted by Crippen LogP contribution is -2.38. The third kappa shape index (κ3) is 3.30. The van der Waals surface area contributed by atoms with Gasteiger partial charge in [0.15, 0.2) is 0 Å². The molecule has 1 aromatic rings. The molecule has 1 aromatic heterocycles. The lowest BCUT2D eigenvalue weighted by Gasteiger charge is -2.23. The second-order valence-corrected chi connectivity index (χ2v) is 6.11. The topological polar surface area (TPSA) is 15.3 Å². The molecule has 0 aromatic carbocycles. The highest BCUT2D eigenvalue weighted by Gasteiger charge is 2.17. The zero-order chi connectivity index (χ0) is 11.4. The molecule has 90 valence electrons. The van der Waals surface area contributed by atoms with Gasteiger partial charge >= 0.3 is 0 Å². The van der Waals surface area contributed by atoms with Crippen LogP contribution in [0.5, 0.6) is 0 Å². The van der Waals surface area contributed by atoms with Crippen molar-refractivity contribution in [2.75, 3.05) is 19.6 Å². The zero-order valence-electron chi connectivity index (χ0n) is 10.3. The Kier molecular flexibility index (Phi) is 4.38. The third-order valence-electron chi connectivity index (χ3n) is 3.30. The second kappa shape index (κ2) is 5.80. The van der Waals surface area contributed by atoms with Crippen molar-refractivity contribution in [2.24, 2.45) is 0 Å². The highest BCUT2D eigenvalue weighted by Crippen LogP contribution is 2.15. The van der Waals surface area contributed by atoms with Crippen LogP contribution in [0.4, 0.5) is 0 Å². The van der Waals surface area contributed by atoms with E-state index in [9.17, 15) is 0 Å². The number of nitrogens with one attached hydrogen (secondary N) is 1.